The van der Waals surface area contributed by atoms with Crippen LogP contribution in [0.2, 0.25) is 0 Å². The minimum Gasteiger partial charge on any atom is -0.326 e. The van der Waals surface area contributed by atoms with Crippen LogP contribution in [0, 0.1) is 5.92 Å². The number of hydrogen-bond acceptors (Lipinski definition) is 5. The first-order chi connectivity index (χ1) is 14.6. The maximum atomic E-state index is 12.9. The first-order valence-corrected chi connectivity index (χ1v) is 10.1. The van der Waals surface area contributed by atoms with Crippen molar-refractivity contribution < 1.29 is 9.59 Å². The van der Waals surface area contributed by atoms with Crippen molar-refractivity contribution in [2.45, 2.75) is 32.6 Å². The topological polar surface area (TPSA) is 93.0 Å². The number of nitrogens with one attached hydrogen (secondary N) is 1. The lowest BCUT2D eigenvalue weighted by Gasteiger charge is -2.23. The Kier molecular flexibility index (Phi) is 5.56. The lowest BCUT2D eigenvalue weighted by molar-refractivity contribution is -0.122. The van der Waals surface area contributed by atoms with Gasteiger partial charge in [-0.25, -0.2) is 4.68 Å². The molecule has 1 aromatic heterocycles. The lowest BCUT2D eigenvalue weighted by atomic mass is 9.96. The second-order valence-electron chi connectivity index (χ2n) is 7.57. The van der Waals surface area contributed by atoms with Gasteiger partial charge in [0.2, 0.25) is 11.8 Å². The zero-order chi connectivity index (χ0) is 21.1. The molecule has 1 aliphatic rings. The Morgan fingerprint density at radius 3 is 2.83 bits per heavy atom. The summed E-state index contributed by atoms with van der Waals surface area (Å²) in [7, 11) is 0. The van der Waals surface area contributed by atoms with Crippen LogP contribution >= 0.6 is 0 Å². The van der Waals surface area contributed by atoms with Crippen molar-refractivity contribution in [1.82, 2.24) is 20.2 Å². The Morgan fingerprint density at radius 2 is 2.07 bits per heavy atom. The smallest absolute Gasteiger partial charge is 0.229 e. The van der Waals surface area contributed by atoms with Gasteiger partial charge < -0.3 is 10.2 Å². The normalized spacial score (nSPS) is 17.2. The van der Waals surface area contributed by atoms with E-state index in [4.69, 9.17) is 0 Å². The summed E-state index contributed by atoms with van der Waals surface area (Å²) >= 11 is 0. The Labute approximate surface area is 174 Å². The van der Waals surface area contributed by atoms with Crippen LogP contribution in [0.4, 0.5) is 11.4 Å². The third kappa shape index (κ3) is 3.94. The van der Waals surface area contributed by atoms with E-state index in [9.17, 15) is 9.59 Å². The highest BCUT2D eigenvalue weighted by Crippen LogP contribution is 2.33. The molecule has 2 unspecified atom stereocenters. The van der Waals surface area contributed by atoms with Crippen molar-refractivity contribution in [3.05, 3.63) is 60.4 Å². The molecule has 1 fully saturated rings. The van der Waals surface area contributed by atoms with Crippen molar-refractivity contribution in [1.29, 1.82) is 0 Å². The number of nitrogens with zero attached hydrogens (tertiary/aromatic N) is 5. The molecule has 0 aliphatic carbocycles. The van der Waals surface area contributed by atoms with Crippen molar-refractivity contribution in [2.24, 2.45) is 5.92 Å². The van der Waals surface area contributed by atoms with Crippen LogP contribution in [0.25, 0.3) is 5.69 Å². The number of carbonyl (C=O) groups is 2. The summed E-state index contributed by atoms with van der Waals surface area (Å²) in [6.07, 6.45) is 2.68. The standard InChI is InChI=1S/C22H24N6O2/c1-3-15(2)19-9-4-5-10-20(19)27-13-16(11-21(27)29)22(30)24-17-7-6-8-18(12-17)28-14-23-25-26-28/h4-10,12,14-16H,3,11,13H2,1-2H3,(H,24,30). The summed E-state index contributed by atoms with van der Waals surface area (Å²) in [5, 5.41) is 14.0. The Morgan fingerprint density at radius 1 is 1.23 bits per heavy atom. The Balaban J connectivity index is 1.49. The van der Waals surface area contributed by atoms with Gasteiger partial charge in [-0.1, -0.05) is 38.1 Å². The fraction of sp³-hybridized carbons (Fsp3) is 0.318. The molecule has 154 valence electrons. The molecule has 30 heavy (non-hydrogen) atoms. The number of tetrazole rings is 1. The molecule has 3 aromatic rings. The van der Waals surface area contributed by atoms with Gasteiger partial charge in [0.1, 0.15) is 6.33 Å². The molecule has 0 radical (unpaired) electrons. The second kappa shape index (κ2) is 8.44. The molecular weight excluding hydrogens is 380 g/mol. The van der Waals surface area contributed by atoms with E-state index in [0.29, 0.717) is 18.2 Å². The molecule has 0 bridgehead atoms. The summed E-state index contributed by atoms with van der Waals surface area (Å²) in [6, 6.07) is 15.2. The van der Waals surface area contributed by atoms with Gasteiger partial charge in [0.15, 0.2) is 0 Å². The maximum Gasteiger partial charge on any atom is 0.229 e. The Bertz CT molecular complexity index is 1050. The van der Waals surface area contributed by atoms with Crippen LogP contribution in [0.3, 0.4) is 0 Å². The van der Waals surface area contributed by atoms with E-state index in [2.05, 4.69) is 40.8 Å². The molecule has 0 spiro atoms. The molecule has 2 heterocycles. The Hall–Kier alpha value is -3.55. The molecule has 1 N–H and O–H groups in total. The summed E-state index contributed by atoms with van der Waals surface area (Å²) in [5.74, 6) is -0.246. The van der Waals surface area contributed by atoms with E-state index in [0.717, 1.165) is 23.4 Å². The fourth-order valence-corrected chi connectivity index (χ4v) is 3.74. The molecule has 0 saturated carbocycles. The number of rotatable bonds is 6. The van der Waals surface area contributed by atoms with Crippen LogP contribution in [0.15, 0.2) is 54.9 Å². The number of benzene rings is 2. The molecule has 2 amide bonds. The first kappa shape index (κ1) is 19.8. The summed E-state index contributed by atoms with van der Waals surface area (Å²) < 4.78 is 1.52. The number of aromatic nitrogens is 4. The highest BCUT2D eigenvalue weighted by atomic mass is 16.2. The quantitative estimate of drug-likeness (QED) is 0.681. The number of carbonyl (C=O) groups excluding carboxylic acids is 2. The highest BCUT2D eigenvalue weighted by molar-refractivity contribution is 6.04. The molecule has 8 nitrogen and oxygen atoms in total. The van der Waals surface area contributed by atoms with E-state index in [1.54, 1.807) is 17.0 Å². The molecule has 2 aromatic carbocycles. The van der Waals surface area contributed by atoms with Gasteiger partial charge in [-0.05, 0) is 52.6 Å². The van der Waals surface area contributed by atoms with Gasteiger partial charge in [-0.15, -0.1) is 5.10 Å². The number of hydrogen-bond donors (Lipinski definition) is 1. The molecule has 2 atom stereocenters. The predicted molar refractivity (Wildman–Crippen MR) is 113 cm³/mol. The van der Waals surface area contributed by atoms with Gasteiger partial charge in [0.25, 0.3) is 0 Å². The summed E-state index contributed by atoms with van der Waals surface area (Å²) in [5.41, 5.74) is 3.43. The molecule has 4 rings (SSSR count). The second-order valence-corrected chi connectivity index (χ2v) is 7.57. The average Bonchev–Trinajstić information content (AvgIpc) is 3.43. The minimum absolute atomic E-state index is 0.0201. The van der Waals surface area contributed by atoms with E-state index in [-0.39, 0.29) is 18.2 Å². The monoisotopic (exact) mass is 404 g/mol. The van der Waals surface area contributed by atoms with Gasteiger partial charge in [-0.3, -0.25) is 9.59 Å². The van der Waals surface area contributed by atoms with Gasteiger partial charge in [0, 0.05) is 24.3 Å². The van der Waals surface area contributed by atoms with Crippen LogP contribution in [0.5, 0.6) is 0 Å². The lowest BCUT2D eigenvalue weighted by Crippen LogP contribution is -2.29. The van der Waals surface area contributed by atoms with Gasteiger partial charge >= 0.3 is 0 Å². The molecule has 1 aliphatic heterocycles. The number of anilines is 2. The summed E-state index contributed by atoms with van der Waals surface area (Å²) in [4.78, 5) is 27.4. The molecule has 1 saturated heterocycles. The zero-order valence-electron chi connectivity index (χ0n) is 17.0. The zero-order valence-corrected chi connectivity index (χ0v) is 17.0. The van der Waals surface area contributed by atoms with Gasteiger partial charge in [0.05, 0.1) is 11.6 Å². The van der Waals surface area contributed by atoms with E-state index < -0.39 is 5.92 Å². The van der Waals surface area contributed by atoms with Crippen molar-refractivity contribution in [3.63, 3.8) is 0 Å². The van der Waals surface area contributed by atoms with Crippen LogP contribution < -0.4 is 10.2 Å². The predicted octanol–water partition coefficient (Wildman–Crippen LogP) is 3.17. The van der Waals surface area contributed by atoms with Crippen molar-refractivity contribution >= 4 is 23.2 Å². The average molecular weight is 404 g/mol. The number of amides is 2. The van der Waals surface area contributed by atoms with Crippen LogP contribution in [0.1, 0.15) is 38.2 Å². The van der Waals surface area contributed by atoms with Crippen molar-refractivity contribution in [2.75, 3.05) is 16.8 Å². The number of para-hydroxylation sites is 1. The van der Waals surface area contributed by atoms with E-state index in [1.165, 1.54) is 11.0 Å². The fourth-order valence-electron chi connectivity index (χ4n) is 3.74. The van der Waals surface area contributed by atoms with Crippen LogP contribution in [-0.4, -0.2) is 38.6 Å². The largest absolute Gasteiger partial charge is 0.326 e. The van der Waals surface area contributed by atoms with E-state index >= 15 is 0 Å². The first-order valence-electron chi connectivity index (χ1n) is 10.1. The SMILES string of the molecule is CCC(C)c1ccccc1N1CC(C(=O)Nc2cccc(-n3cnnn3)c2)CC1=O. The maximum absolute atomic E-state index is 12.9. The third-order valence-electron chi connectivity index (χ3n) is 5.59. The van der Waals surface area contributed by atoms with Gasteiger partial charge in [-0.2, -0.15) is 0 Å². The van der Waals surface area contributed by atoms with Crippen LogP contribution in [-0.2, 0) is 9.59 Å². The molecule has 8 heteroatoms. The van der Waals surface area contributed by atoms with E-state index in [1.807, 2.05) is 30.3 Å². The van der Waals surface area contributed by atoms with Crippen molar-refractivity contribution in [3.8, 4) is 5.69 Å². The summed E-state index contributed by atoms with van der Waals surface area (Å²) in [6.45, 7) is 4.67. The molecular formula is C22H24N6O2. The minimum atomic E-state index is -0.404. The third-order valence-corrected chi connectivity index (χ3v) is 5.59. The highest BCUT2D eigenvalue weighted by Gasteiger charge is 2.36.